The van der Waals surface area contributed by atoms with Crippen molar-refractivity contribution in [1.82, 2.24) is 15.1 Å². The summed E-state index contributed by atoms with van der Waals surface area (Å²) in [6.45, 7) is 0.833. The van der Waals surface area contributed by atoms with Crippen molar-refractivity contribution < 1.29 is 22.6 Å². The largest absolute Gasteiger partial charge is 0.497 e. The molecule has 2 N–H and O–H groups in total. The van der Waals surface area contributed by atoms with Gasteiger partial charge >= 0.3 is 6.18 Å². The summed E-state index contributed by atoms with van der Waals surface area (Å²) in [5.41, 5.74) is 0.417. The number of hydrogen-bond donors (Lipinski definition) is 2. The van der Waals surface area contributed by atoms with Crippen molar-refractivity contribution in [2.75, 3.05) is 26.1 Å². The second kappa shape index (κ2) is 9.42. The quantitative estimate of drug-likeness (QED) is 0.390. The molecule has 1 aromatic carbocycles. The zero-order valence-electron chi connectivity index (χ0n) is 16.5. The van der Waals surface area contributed by atoms with E-state index in [9.17, 15) is 13.2 Å². The lowest BCUT2D eigenvalue weighted by Crippen LogP contribution is -2.30. The molecule has 1 aromatic heterocycles. The zero-order valence-corrected chi connectivity index (χ0v) is 18.9. The van der Waals surface area contributed by atoms with Gasteiger partial charge in [-0.15, -0.1) is 0 Å². The highest BCUT2D eigenvalue weighted by atomic mass is 79.9. The number of ether oxygens (including phenoxy) is 2. The Kier molecular flexibility index (Phi) is 7.12. The molecule has 11 heteroatoms. The van der Waals surface area contributed by atoms with E-state index in [-0.39, 0.29) is 10.4 Å². The van der Waals surface area contributed by atoms with Crippen molar-refractivity contribution in [2.45, 2.75) is 37.9 Å². The van der Waals surface area contributed by atoms with E-state index in [4.69, 9.17) is 21.7 Å². The maximum atomic E-state index is 13.2. The van der Waals surface area contributed by atoms with Crippen LogP contribution in [0.3, 0.4) is 0 Å². The molecule has 1 fully saturated rings. The van der Waals surface area contributed by atoms with Gasteiger partial charge in [-0.3, -0.25) is 4.68 Å². The first-order valence-corrected chi connectivity index (χ1v) is 10.5. The Balaban J connectivity index is 1.56. The molecule has 1 heterocycles. The Bertz CT molecular complexity index is 916. The number of thiocarbonyl (C=S) groups is 1. The predicted molar refractivity (Wildman–Crippen MR) is 115 cm³/mol. The van der Waals surface area contributed by atoms with Gasteiger partial charge in [0.15, 0.2) is 10.8 Å². The van der Waals surface area contributed by atoms with Crippen molar-refractivity contribution in [3.05, 3.63) is 34.1 Å². The topological polar surface area (TPSA) is 60.3 Å². The summed E-state index contributed by atoms with van der Waals surface area (Å²) in [6.07, 6.45) is -2.15. The van der Waals surface area contributed by atoms with Crippen LogP contribution in [0.2, 0.25) is 0 Å². The summed E-state index contributed by atoms with van der Waals surface area (Å²) in [6, 6.07) is 5.29. The smallest absolute Gasteiger partial charge is 0.436 e. The van der Waals surface area contributed by atoms with Crippen LogP contribution >= 0.6 is 28.1 Å². The number of methoxy groups -OCH3 is 2. The Morgan fingerprint density at radius 3 is 2.63 bits per heavy atom. The van der Waals surface area contributed by atoms with Gasteiger partial charge in [0, 0.05) is 25.1 Å². The number of rotatable bonds is 8. The van der Waals surface area contributed by atoms with E-state index < -0.39 is 11.9 Å². The van der Waals surface area contributed by atoms with Crippen LogP contribution in [-0.2, 0) is 12.7 Å². The number of benzene rings is 1. The monoisotopic (exact) mass is 506 g/mol. The molecule has 6 nitrogen and oxygen atoms in total. The summed E-state index contributed by atoms with van der Waals surface area (Å²) in [4.78, 5) is 0. The maximum absolute atomic E-state index is 13.2. The molecule has 0 unspecified atom stereocenters. The Labute approximate surface area is 186 Å². The lowest BCUT2D eigenvalue weighted by Gasteiger charge is -2.14. The molecule has 2 aromatic rings. The number of hydrogen-bond acceptors (Lipinski definition) is 4. The molecule has 0 atom stereocenters. The van der Waals surface area contributed by atoms with Crippen molar-refractivity contribution >= 4 is 38.9 Å². The number of nitrogens with zero attached hydrogens (tertiary/aromatic N) is 2. The van der Waals surface area contributed by atoms with Gasteiger partial charge < -0.3 is 20.1 Å². The van der Waals surface area contributed by atoms with E-state index in [0.29, 0.717) is 47.5 Å². The molecule has 164 valence electrons. The maximum Gasteiger partial charge on any atom is 0.436 e. The van der Waals surface area contributed by atoms with Crippen LogP contribution < -0.4 is 20.1 Å². The molecule has 3 rings (SSSR count). The number of anilines is 1. The molecular formula is C19H22BrF3N4O2S. The lowest BCUT2D eigenvalue weighted by molar-refractivity contribution is -0.142. The van der Waals surface area contributed by atoms with E-state index in [1.165, 1.54) is 4.68 Å². The first kappa shape index (κ1) is 22.7. The van der Waals surface area contributed by atoms with Crippen LogP contribution in [0.15, 0.2) is 22.7 Å². The second-order valence-corrected chi connectivity index (χ2v) is 8.04. The third-order valence-corrected chi connectivity index (χ3v) is 5.68. The minimum Gasteiger partial charge on any atom is -0.497 e. The average molecular weight is 507 g/mol. The van der Waals surface area contributed by atoms with Crippen molar-refractivity contribution in [2.24, 2.45) is 0 Å². The fourth-order valence-electron chi connectivity index (χ4n) is 3.06. The highest BCUT2D eigenvalue weighted by Gasteiger charge is 2.41. The number of aryl methyl sites for hydroxylation is 1. The summed E-state index contributed by atoms with van der Waals surface area (Å²) in [5.74, 6) is 1.40. The van der Waals surface area contributed by atoms with Gasteiger partial charge in [-0.2, -0.15) is 18.3 Å². The van der Waals surface area contributed by atoms with Gasteiger partial charge in [-0.25, -0.2) is 0 Å². The zero-order chi connectivity index (χ0) is 21.9. The molecule has 0 bridgehead atoms. The standard InChI is InChI=1S/C19H22BrF3N4O2S/c1-28-12-6-7-14(29-2)13(10-12)25-18(30)24-8-3-9-27-16(11-4-5-11)15(20)17(26-27)19(21,22)23/h6-7,10-11H,3-5,8-9H2,1-2H3,(H2,24,25,30). The molecular weight excluding hydrogens is 485 g/mol. The summed E-state index contributed by atoms with van der Waals surface area (Å²) in [5, 5.41) is 10.3. The van der Waals surface area contributed by atoms with E-state index in [1.54, 1.807) is 32.4 Å². The molecule has 0 radical (unpaired) electrons. The SMILES string of the molecule is COc1ccc(OC)c(NC(=S)NCCCn2nc(C(F)(F)F)c(Br)c2C2CC2)c1. The van der Waals surface area contributed by atoms with E-state index in [0.717, 1.165) is 12.8 Å². The van der Waals surface area contributed by atoms with Crippen LogP contribution in [0.5, 0.6) is 11.5 Å². The van der Waals surface area contributed by atoms with Crippen LogP contribution in [0.25, 0.3) is 0 Å². The number of nitrogens with one attached hydrogen (secondary N) is 2. The van der Waals surface area contributed by atoms with E-state index in [1.807, 2.05) is 0 Å². The highest BCUT2D eigenvalue weighted by Crippen LogP contribution is 2.47. The Morgan fingerprint density at radius 2 is 2.03 bits per heavy atom. The van der Waals surface area contributed by atoms with Gasteiger partial charge in [0.25, 0.3) is 0 Å². The van der Waals surface area contributed by atoms with Gasteiger partial charge in [0.2, 0.25) is 0 Å². The van der Waals surface area contributed by atoms with Crippen LogP contribution in [0, 0.1) is 0 Å². The van der Waals surface area contributed by atoms with Crippen LogP contribution in [0.4, 0.5) is 18.9 Å². The van der Waals surface area contributed by atoms with Gasteiger partial charge in [0.1, 0.15) is 11.5 Å². The minimum atomic E-state index is -4.48. The Morgan fingerprint density at radius 1 is 1.30 bits per heavy atom. The number of aromatic nitrogens is 2. The van der Waals surface area contributed by atoms with Crippen molar-refractivity contribution in [1.29, 1.82) is 0 Å². The average Bonchev–Trinajstić information content (AvgIpc) is 3.47. The fourth-order valence-corrected chi connectivity index (χ4v) is 4.10. The number of alkyl halides is 3. The first-order valence-electron chi connectivity index (χ1n) is 9.34. The number of halogens is 4. The fraction of sp³-hybridized carbons (Fsp3) is 0.474. The molecule has 0 amide bonds. The van der Waals surface area contributed by atoms with Gasteiger partial charge in [-0.1, -0.05) is 0 Å². The van der Waals surface area contributed by atoms with E-state index >= 15 is 0 Å². The Hall–Kier alpha value is -2.01. The summed E-state index contributed by atoms with van der Waals surface area (Å²) < 4.78 is 51.6. The molecule has 1 saturated carbocycles. The predicted octanol–water partition coefficient (Wildman–Crippen LogP) is 4.94. The minimum absolute atomic E-state index is 0.0627. The van der Waals surface area contributed by atoms with Crippen LogP contribution in [0.1, 0.15) is 36.6 Å². The molecule has 1 aliphatic carbocycles. The van der Waals surface area contributed by atoms with Crippen molar-refractivity contribution in [3.63, 3.8) is 0 Å². The molecule has 0 aliphatic heterocycles. The third kappa shape index (κ3) is 5.37. The molecule has 0 saturated heterocycles. The van der Waals surface area contributed by atoms with E-state index in [2.05, 4.69) is 31.7 Å². The molecule has 1 aliphatic rings. The summed E-state index contributed by atoms with van der Waals surface area (Å²) in [7, 11) is 3.12. The normalized spacial score (nSPS) is 13.8. The highest BCUT2D eigenvalue weighted by molar-refractivity contribution is 9.10. The van der Waals surface area contributed by atoms with Gasteiger partial charge in [0.05, 0.1) is 30.1 Å². The molecule has 0 spiro atoms. The summed E-state index contributed by atoms with van der Waals surface area (Å²) >= 11 is 8.41. The first-order chi connectivity index (χ1) is 14.2. The third-order valence-electron chi connectivity index (χ3n) is 4.65. The van der Waals surface area contributed by atoms with Gasteiger partial charge in [-0.05, 0) is 59.5 Å². The van der Waals surface area contributed by atoms with Crippen LogP contribution in [-0.4, -0.2) is 35.7 Å². The second-order valence-electron chi connectivity index (χ2n) is 6.84. The molecule has 30 heavy (non-hydrogen) atoms. The lowest BCUT2D eigenvalue weighted by atomic mass is 10.2. The van der Waals surface area contributed by atoms with Crippen molar-refractivity contribution in [3.8, 4) is 11.5 Å².